The number of phenols is 2. The van der Waals surface area contributed by atoms with Crippen molar-refractivity contribution in [2.45, 2.75) is 56.8 Å². The molecule has 3 N–H and O–H groups in total. The van der Waals surface area contributed by atoms with Crippen molar-refractivity contribution in [2.24, 2.45) is 0 Å². The Balaban J connectivity index is 1.54. The lowest BCUT2D eigenvalue weighted by molar-refractivity contribution is -0.265. The minimum Gasteiger partial charge on any atom is -0.508 e. The molecule has 9 heteroatoms. The lowest BCUT2D eigenvalue weighted by atomic mass is 9.80. The minimum absolute atomic E-state index is 0.0262. The number of aliphatic hydroxyl groups is 1. The van der Waals surface area contributed by atoms with Crippen molar-refractivity contribution in [2.75, 3.05) is 21.2 Å². The van der Waals surface area contributed by atoms with Crippen LogP contribution in [0.4, 0.5) is 0 Å². The summed E-state index contributed by atoms with van der Waals surface area (Å²) in [5, 5.41) is 32.1. The average Bonchev–Trinajstić information content (AvgIpc) is 3.26. The zero-order valence-electron chi connectivity index (χ0n) is 21.4. The van der Waals surface area contributed by atoms with E-state index in [-0.39, 0.29) is 57.8 Å². The van der Waals surface area contributed by atoms with Crippen LogP contribution in [-0.4, -0.2) is 83.1 Å². The van der Waals surface area contributed by atoms with E-state index >= 15 is 0 Å². The number of carbonyl (C=O) groups excluding carboxylic acids is 2. The fraction of sp³-hybridized carbons (Fsp3) is 0.429. The molecule has 0 bridgehead atoms. The number of phenolic OH excluding ortho intramolecular Hbond substituents is 2. The van der Waals surface area contributed by atoms with Gasteiger partial charge in [-0.15, -0.1) is 0 Å². The SMILES string of the molecule is CCC1(O[C@H]2C[C@H](N(C)C)[C@@H](OC)[C@H](C)O2)C=CC2=C3C(=O)c4c(O)ccc(O)c4C(=O)C3=CC2=C1O. The number of hydrogen-bond donors (Lipinski definition) is 3. The van der Waals surface area contributed by atoms with E-state index in [2.05, 4.69) is 4.90 Å². The zero-order chi connectivity index (χ0) is 26.8. The monoisotopic (exact) mass is 509 g/mol. The average molecular weight is 510 g/mol. The van der Waals surface area contributed by atoms with Gasteiger partial charge in [-0.3, -0.25) is 9.59 Å². The summed E-state index contributed by atoms with van der Waals surface area (Å²) in [5.74, 6) is -2.10. The highest BCUT2D eigenvalue weighted by Crippen LogP contribution is 2.49. The molecule has 1 saturated heterocycles. The smallest absolute Gasteiger partial charge is 0.199 e. The normalized spacial score (nSPS) is 31.0. The molecule has 0 spiro atoms. The third-order valence-electron chi connectivity index (χ3n) is 7.82. The Labute approximate surface area is 214 Å². The van der Waals surface area contributed by atoms with E-state index < -0.39 is 23.5 Å². The van der Waals surface area contributed by atoms with Crippen molar-refractivity contribution in [3.8, 4) is 11.5 Å². The third-order valence-corrected chi connectivity index (χ3v) is 7.82. The van der Waals surface area contributed by atoms with Gasteiger partial charge in [-0.05, 0) is 57.3 Å². The van der Waals surface area contributed by atoms with Gasteiger partial charge in [0.25, 0.3) is 0 Å². The molecule has 4 aliphatic rings. The lowest BCUT2D eigenvalue weighted by Gasteiger charge is -2.45. The van der Waals surface area contributed by atoms with Crippen LogP contribution >= 0.6 is 0 Å². The highest BCUT2D eigenvalue weighted by atomic mass is 16.7. The van der Waals surface area contributed by atoms with Gasteiger partial charge >= 0.3 is 0 Å². The number of allylic oxidation sites excluding steroid dienone is 6. The number of benzene rings is 1. The number of carbonyl (C=O) groups is 2. The molecule has 1 aromatic carbocycles. The van der Waals surface area contributed by atoms with E-state index in [9.17, 15) is 24.9 Å². The van der Waals surface area contributed by atoms with Crippen molar-refractivity contribution in [3.05, 3.63) is 69.5 Å². The molecule has 5 rings (SSSR count). The molecule has 37 heavy (non-hydrogen) atoms. The van der Waals surface area contributed by atoms with Crippen molar-refractivity contribution in [1.82, 2.24) is 4.90 Å². The predicted molar refractivity (Wildman–Crippen MR) is 134 cm³/mol. The van der Waals surface area contributed by atoms with Crippen molar-refractivity contribution >= 4 is 11.6 Å². The number of rotatable bonds is 5. The Kier molecular flexibility index (Phi) is 6.15. The fourth-order valence-corrected chi connectivity index (χ4v) is 5.84. The van der Waals surface area contributed by atoms with Gasteiger partial charge in [0.05, 0.1) is 23.3 Å². The van der Waals surface area contributed by atoms with Crippen molar-refractivity contribution < 1.29 is 39.1 Å². The summed E-state index contributed by atoms with van der Waals surface area (Å²) in [4.78, 5) is 28.7. The topological polar surface area (TPSA) is 126 Å². The van der Waals surface area contributed by atoms with Crippen molar-refractivity contribution in [1.29, 1.82) is 0 Å². The number of Topliss-reactive ketones (excluding diaryl/α,β-unsaturated/α-hetero) is 2. The maximum atomic E-state index is 13.4. The van der Waals surface area contributed by atoms with Gasteiger partial charge in [0.15, 0.2) is 17.9 Å². The number of fused-ring (bicyclic) bond motifs is 3. The second kappa shape index (κ2) is 8.95. The summed E-state index contributed by atoms with van der Waals surface area (Å²) in [6.07, 6.45) is 4.63. The Morgan fingerprint density at radius 3 is 2.32 bits per heavy atom. The van der Waals surface area contributed by atoms with E-state index in [1.807, 2.05) is 27.9 Å². The third kappa shape index (κ3) is 3.68. The number of aliphatic hydroxyl groups excluding tert-OH is 1. The standard InChI is InChI=1S/C28H31NO8/c1-6-28(37-20-12-17(29(3)4)26(35-5)13(2)36-20)10-9-14-15(27(28)34)11-16-21(14)25(33)23-19(31)8-7-18(30)22(23)24(16)32/h7-11,13,17,20,26,30-31,34H,6,12H2,1-5H3/t13-,17-,20-,26-,28?/m0/s1. The molecule has 1 aromatic rings. The molecule has 3 aliphatic carbocycles. The molecule has 0 radical (unpaired) electrons. The number of hydrogen-bond acceptors (Lipinski definition) is 9. The first kappa shape index (κ1) is 25.4. The van der Waals surface area contributed by atoms with Gasteiger partial charge in [-0.25, -0.2) is 0 Å². The van der Waals surface area contributed by atoms with E-state index in [4.69, 9.17) is 14.2 Å². The van der Waals surface area contributed by atoms with Gasteiger partial charge < -0.3 is 34.4 Å². The maximum absolute atomic E-state index is 13.4. The first-order valence-corrected chi connectivity index (χ1v) is 12.3. The summed E-state index contributed by atoms with van der Waals surface area (Å²) in [6.45, 7) is 3.78. The number of methoxy groups -OCH3 is 1. The predicted octanol–water partition coefficient (Wildman–Crippen LogP) is 3.34. The minimum atomic E-state index is -1.24. The van der Waals surface area contributed by atoms with E-state index in [0.717, 1.165) is 0 Å². The molecule has 5 atom stereocenters. The molecule has 1 heterocycles. The van der Waals surface area contributed by atoms with E-state index in [1.165, 1.54) is 18.2 Å². The molecule has 9 nitrogen and oxygen atoms in total. The maximum Gasteiger partial charge on any atom is 0.199 e. The van der Waals surface area contributed by atoms with E-state index in [0.29, 0.717) is 24.0 Å². The molecule has 1 fully saturated rings. The van der Waals surface area contributed by atoms with Crippen LogP contribution in [0.25, 0.3) is 0 Å². The van der Waals surface area contributed by atoms with Crippen LogP contribution in [0.2, 0.25) is 0 Å². The molecule has 0 saturated carbocycles. The Bertz CT molecular complexity index is 1320. The van der Waals surface area contributed by atoms with Gasteiger partial charge in [-0.1, -0.05) is 13.0 Å². The molecular weight excluding hydrogens is 478 g/mol. The van der Waals surface area contributed by atoms with E-state index in [1.54, 1.807) is 19.3 Å². The summed E-state index contributed by atoms with van der Waals surface area (Å²) in [6, 6.07) is 2.38. The largest absolute Gasteiger partial charge is 0.508 e. The fourth-order valence-electron chi connectivity index (χ4n) is 5.84. The second-order valence-corrected chi connectivity index (χ2v) is 10.1. The lowest BCUT2D eigenvalue weighted by Crippen LogP contribution is -2.55. The van der Waals surface area contributed by atoms with Crippen LogP contribution in [0.1, 0.15) is 47.4 Å². The molecule has 1 aliphatic heterocycles. The van der Waals surface area contributed by atoms with Gasteiger partial charge in [0.2, 0.25) is 0 Å². The number of aromatic hydroxyl groups is 2. The Morgan fingerprint density at radius 2 is 1.73 bits per heavy atom. The van der Waals surface area contributed by atoms with Gasteiger partial charge in [0.1, 0.15) is 22.9 Å². The molecule has 0 amide bonds. The number of ether oxygens (including phenoxy) is 3. The molecular formula is C28H31NO8. The first-order chi connectivity index (χ1) is 17.5. The number of nitrogens with zero attached hydrogens (tertiary/aromatic N) is 1. The van der Waals surface area contributed by atoms with Crippen LogP contribution in [0.15, 0.2) is 58.4 Å². The summed E-state index contributed by atoms with van der Waals surface area (Å²) >= 11 is 0. The van der Waals surface area contributed by atoms with Crippen LogP contribution in [-0.2, 0) is 14.2 Å². The molecule has 1 unspecified atom stereocenters. The van der Waals surface area contributed by atoms with Crippen LogP contribution in [0.5, 0.6) is 11.5 Å². The quantitative estimate of drug-likeness (QED) is 0.513. The Hall–Kier alpha value is -3.24. The molecule has 196 valence electrons. The zero-order valence-corrected chi connectivity index (χ0v) is 21.4. The number of ketones is 2. The second-order valence-electron chi connectivity index (χ2n) is 10.1. The van der Waals surface area contributed by atoms with Gasteiger partial charge in [-0.2, -0.15) is 0 Å². The molecule has 0 aromatic heterocycles. The highest BCUT2D eigenvalue weighted by molar-refractivity contribution is 6.34. The van der Waals surface area contributed by atoms with Crippen molar-refractivity contribution in [3.63, 3.8) is 0 Å². The summed E-state index contributed by atoms with van der Waals surface area (Å²) in [5.41, 5.74) is -0.915. The van der Waals surface area contributed by atoms with Crippen LogP contribution in [0, 0.1) is 0 Å². The summed E-state index contributed by atoms with van der Waals surface area (Å²) < 4.78 is 18.2. The summed E-state index contributed by atoms with van der Waals surface area (Å²) in [7, 11) is 5.58. The number of likely N-dealkylation sites (N-methyl/N-ethyl adjacent to an activating group) is 1. The highest BCUT2D eigenvalue weighted by Gasteiger charge is 2.48. The van der Waals surface area contributed by atoms with Crippen LogP contribution < -0.4 is 0 Å². The van der Waals surface area contributed by atoms with Gasteiger partial charge in [0, 0.05) is 36.3 Å². The first-order valence-electron chi connectivity index (χ1n) is 12.3. The Morgan fingerprint density at radius 1 is 1.08 bits per heavy atom. The van der Waals surface area contributed by atoms with Crippen LogP contribution in [0.3, 0.4) is 0 Å².